The lowest BCUT2D eigenvalue weighted by Gasteiger charge is -2.09. The summed E-state index contributed by atoms with van der Waals surface area (Å²) in [5, 5.41) is 13.7. The van der Waals surface area contributed by atoms with Crippen LogP contribution in [0.3, 0.4) is 0 Å². The molecular formula is C19H20N2O4. The van der Waals surface area contributed by atoms with E-state index >= 15 is 0 Å². The van der Waals surface area contributed by atoms with Gasteiger partial charge in [-0.1, -0.05) is 29.8 Å². The predicted octanol–water partition coefficient (Wildman–Crippen LogP) is 3.28. The molecule has 0 aliphatic heterocycles. The van der Waals surface area contributed by atoms with Crippen molar-refractivity contribution in [2.75, 3.05) is 13.7 Å². The smallest absolute Gasteiger partial charge is 0.276 e. The molecule has 0 aliphatic carbocycles. The molecule has 0 spiro atoms. The predicted molar refractivity (Wildman–Crippen MR) is 96.6 cm³/mol. The zero-order valence-electron chi connectivity index (χ0n) is 14.2. The molecule has 0 heterocycles. The number of hydrogen-bond donors (Lipinski definition) is 1. The quantitative estimate of drug-likeness (QED) is 0.476. The molecule has 0 unspecified atom stereocenters. The van der Waals surface area contributed by atoms with Gasteiger partial charge >= 0.3 is 0 Å². The highest BCUT2D eigenvalue weighted by molar-refractivity contribution is 5.92. The van der Waals surface area contributed by atoms with E-state index in [0.29, 0.717) is 18.5 Å². The minimum atomic E-state index is -0.471. The number of ether oxygens (including phenoxy) is 1. The highest BCUT2D eigenvalue weighted by Crippen LogP contribution is 2.20. The number of rotatable bonds is 7. The van der Waals surface area contributed by atoms with E-state index in [9.17, 15) is 14.9 Å². The minimum absolute atomic E-state index is 0.0314. The Hall–Kier alpha value is -3.15. The first-order chi connectivity index (χ1) is 12.0. The number of aryl methyl sites for hydroxylation is 1. The molecule has 130 valence electrons. The first-order valence-corrected chi connectivity index (χ1v) is 7.84. The van der Waals surface area contributed by atoms with Crippen molar-refractivity contribution < 1.29 is 14.5 Å². The highest BCUT2D eigenvalue weighted by atomic mass is 16.6. The number of amides is 1. The monoisotopic (exact) mass is 340 g/mol. The highest BCUT2D eigenvalue weighted by Gasteiger charge is 2.09. The van der Waals surface area contributed by atoms with Crippen LogP contribution in [0.2, 0.25) is 0 Å². The maximum Gasteiger partial charge on any atom is 0.276 e. The lowest BCUT2D eigenvalue weighted by Crippen LogP contribution is -2.23. The summed E-state index contributed by atoms with van der Waals surface area (Å²) in [7, 11) is 1.61. The zero-order valence-corrected chi connectivity index (χ0v) is 14.2. The second-order valence-corrected chi connectivity index (χ2v) is 5.51. The molecular weight excluding hydrogens is 320 g/mol. The summed E-state index contributed by atoms with van der Waals surface area (Å²) in [6.07, 6.45) is 3.38. The molecule has 0 saturated carbocycles. The van der Waals surface area contributed by atoms with E-state index in [4.69, 9.17) is 4.74 Å². The number of nitrogens with zero attached hydrogens (tertiary/aromatic N) is 1. The Morgan fingerprint density at radius 1 is 1.28 bits per heavy atom. The molecule has 25 heavy (non-hydrogen) atoms. The van der Waals surface area contributed by atoms with E-state index < -0.39 is 4.92 Å². The van der Waals surface area contributed by atoms with Crippen LogP contribution in [-0.2, 0) is 11.2 Å². The van der Waals surface area contributed by atoms with Gasteiger partial charge in [-0.05, 0) is 37.1 Å². The largest absolute Gasteiger partial charge is 0.496 e. The van der Waals surface area contributed by atoms with Crippen molar-refractivity contribution in [2.24, 2.45) is 0 Å². The Balaban J connectivity index is 1.94. The van der Waals surface area contributed by atoms with Crippen LogP contribution in [0.15, 0.2) is 48.5 Å². The molecule has 2 aromatic carbocycles. The van der Waals surface area contributed by atoms with Crippen molar-refractivity contribution in [3.05, 3.63) is 75.3 Å². The van der Waals surface area contributed by atoms with Crippen LogP contribution < -0.4 is 10.1 Å². The van der Waals surface area contributed by atoms with Crippen molar-refractivity contribution >= 4 is 17.7 Å². The van der Waals surface area contributed by atoms with Crippen LogP contribution >= 0.6 is 0 Å². The summed E-state index contributed by atoms with van der Waals surface area (Å²) in [6.45, 7) is 2.44. The molecule has 1 amide bonds. The van der Waals surface area contributed by atoms with Gasteiger partial charge < -0.3 is 10.1 Å². The molecule has 0 saturated heterocycles. The van der Waals surface area contributed by atoms with Crippen LogP contribution in [0, 0.1) is 17.0 Å². The summed E-state index contributed by atoms with van der Waals surface area (Å²) in [5.41, 5.74) is 2.50. The summed E-state index contributed by atoms with van der Waals surface area (Å²) in [5.74, 6) is 0.486. The number of carbonyl (C=O) groups excluding carboxylic acids is 1. The number of para-hydroxylation sites is 1. The molecule has 6 nitrogen and oxygen atoms in total. The van der Waals surface area contributed by atoms with E-state index in [1.54, 1.807) is 25.3 Å². The Labute approximate surface area is 146 Å². The maximum atomic E-state index is 11.9. The molecule has 0 radical (unpaired) electrons. The molecule has 0 atom stereocenters. The molecule has 1 N–H and O–H groups in total. The fourth-order valence-corrected chi connectivity index (χ4v) is 2.44. The van der Waals surface area contributed by atoms with Crippen molar-refractivity contribution in [3.63, 3.8) is 0 Å². The number of methoxy groups -OCH3 is 1. The Bertz CT molecular complexity index is 800. The topological polar surface area (TPSA) is 81.5 Å². The fraction of sp³-hybridized carbons (Fsp3) is 0.211. The van der Waals surface area contributed by atoms with Crippen LogP contribution in [0.1, 0.15) is 16.7 Å². The summed E-state index contributed by atoms with van der Waals surface area (Å²) in [6, 6.07) is 12.2. The van der Waals surface area contributed by atoms with Gasteiger partial charge in [0.05, 0.1) is 17.6 Å². The first-order valence-electron chi connectivity index (χ1n) is 7.84. The Kier molecular flexibility index (Phi) is 6.28. The number of hydrogen-bond acceptors (Lipinski definition) is 4. The lowest BCUT2D eigenvalue weighted by molar-refractivity contribution is -0.385. The fourth-order valence-electron chi connectivity index (χ4n) is 2.44. The van der Waals surface area contributed by atoms with Gasteiger partial charge in [0, 0.05) is 18.7 Å². The van der Waals surface area contributed by atoms with Crippen LogP contribution in [0.4, 0.5) is 5.69 Å². The van der Waals surface area contributed by atoms with Gasteiger partial charge in [-0.3, -0.25) is 14.9 Å². The van der Waals surface area contributed by atoms with Gasteiger partial charge in [-0.25, -0.2) is 0 Å². The van der Waals surface area contributed by atoms with Gasteiger partial charge in [0.15, 0.2) is 0 Å². The third kappa shape index (κ3) is 5.17. The average molecular weight is 340 g/mol. The summed E-state index contributed by atoms with van der Waals surface area (Å²) < 4.78 is 5.31. The Morgan fingerprint density at radius 3 is 2.76 bits per heavy atom. The molecule has 2 rings (SSSR count). The van der Waals surface area contributed by atoms with Crippen LogP contribution in [-0.4, -0.2) is 24.5 Å². The van der Waals surface area contributed by atoms with Gasteiger partial charge in [0.25, 0.3) is 5.69 Å². The summed E-state index contributed by atoms with van der Waals surface area (Å²) in [4.78, 5) is 22.4. The number of carbonyl (C=O) groups is 1. The molecule has 2 aromatic rings. The van der Waals surface area contributed by atoms with Gasteiger partial charge in [0.1, 0.15) is 5.75 Å². The third-order valence-corrected chi connectivity index (χ3v) is 3.68. The van der Waals surface area contributed by atoms with E-state index in [0.717, 1.165) is 16.9 Å². The first kappa shape index (κ1) is 18.2. The minimum Gasteiger partial charge on any atom is -0.496 e. The van der Waals surface area contributed by atoms with Crippen LogP contribution in [0.5, 0.6) is 5.75 Å². The molecule has 0 aliphatic rings. The van der Waals surface area contributed by atoms with Gasteiger partial charge in [0.2, 0.25) is 5.91 Å². The average Bonchev–Trinajstić information content (AvgIpc) is 2.60. The number of benzene rings is 2. The second-order valence-electron chi connectivity index (χ2n) is 5.51. The van der Waals surface area contributed by atoms with E-state index in [1.807, 2.05) is 25.1 Å². The van der Waals surface area contributed by atoms with E-state index in [-0.39, 0.29) is 11.6 Å². The standard InChI is InChI=1S/C19H20N2O4/c1-14-7-9-18(25-2)16(13-14)11-12-20-19(22)10-8-15-5-3-4-6-17(15)21(23)24/h3-10,13H,11-12H2,1-2H3,(H,20,22)/b10-8+. The summed E-state index contributed by atoms with van der Waals surface area (Å²) >= 11 is 0. The van der Waals surface area contributed by atoms with E-state index in [1.165, 1.54) is 18.2 Å². The van der Waals surface area contributed by atoms with Gasteiger partial charge in [-0.15, -0.1) is 0 Å². The third-order valence-electron chi connectivity index (χ3n) is 3.68. The van der Waals surface area contributed by atoms with Crippen molar-refractivity contribution in [2.45, 2.75) is 13.3 Å². The van der Waals surface area contributed by atoms with Crippen molar-refractivity contribution in [1.29, 1.82) is 0 Å². The number of nitro benzene ring substituents is 1. The number of nitro groups is 1. The molecule has 0 fully saturated rings. The normalized spacial score (nSPS) is 10.6. The zero-order chi connectivity index (χ0) is 18.2. The molecule has 0 aromatic heterocycles. The molecule has 6 heteroatoms. The van der Waals surface area contributed by atoms with Crippen LogP contribution in [0.25, 0.3) is 6.08 Å². The molecule has 0 bridgehead atoms. The lowest BCUT2D eigenvalue weighted by atomic mass is 10.1. The second kappa shape index (κ2) is 8.63. The Morgan fingerprint density at radius 2 is 2.04 bits per heavy atom. The van der Waals surface area contributed by atoms with E-state index in [2.05, 4.69) is 5.32 Å². The maximum absolute atomic E-state index is 11.9. The van der Waals surface area contributed by atoms with Crippen molar-refractivity contribution in [1.82, 2.24) is 5.32 Å². The number of nitrogens with one attached hydrogen (secondary N) is 1. The van der Waals surface area contributed by atoms with Gasteiger partial charge in [-0.2, -0.15) is 0 Å². The van der Waals surface area contributed by atoms with Crippen molar-refractivity contribution in [3.8, 4) is 5.75 Å². The SMILES string of the molecule is COc1ccc(C)cc1CCNC(=O)/C=C/c1ccccc1[N+](=O)[O-].